The van der Waals surface area contributed by atoms with Gasteiger partial charge in [0.15, 0.2) is 11.9 Å². The molecule has 0 spiro atoms. The number of aromatic nitrogens is 3. The van der Waals surface area contributed by atoms with Gasteiger partial charge in [0.25, 0.3) is 5.91 Å². The van der Waals surface area contributed by atoms with Gasteiger partial charge in [0.05, 0.1) is 5.69 Å². The van der Waals surface area contributed by atoms with Crippen LogP contribution in [0.2, 0.25) is 0 Å². The SMILES string of the molecule is COC(C)(C)C(=O)Nc1ncnn2c([C@]3(C#N)O[C@H](COC(=O)CC4CCC4)[C@@H](OC(=O)[C@@H](N)C(C)(C)C)[C@H]3O)ccc12. The molecule has 0 unspecified atom stereocenters. The van der Waals surface area contributed by atoms with E-state index in [4.69, 9.17) is 24.7 Å². The molecule has 1 aliphatic heterocycles. The molecule has 0 bridgehead atoms. The first-order chi connectivity index (χ1) is 20.1. The van der Waals surface area contributed by atoms with Gasteiger partial charge in [-0.1, -0.05) is 27.2 Å². The van der Waals surface area contributed by atoms with Crippen LogP contribution in [0.25, 0.3) is 5.52 Å². The Bertz CT molecular complexity index is 1410. The van der Waals surface area contributed by atoms with Gasteiger partial charge in [-0.25, -0.2) is 9.50 Å². The minimum absolute atomic E-state index is 0.0749. The van der Waals surface area contributed by atoms with Crippen LogP contribution in [-0.4, -0.2) is 81.2 Å². The molecule has 2 aromatic heterocycles. The standard InChI is InChI=1S/C29H40N6O8/c1-27(2,3)22(31)25(38)42-21-18(13-41-20(36)12-16-8-7-9-16)43-29(14-30,23(21)37)19-11-10-17-24(32-15-33-35(17)19)34-26(39)28(4,5)40-6/h10-11,15-16,18,21-23,37H,7-9,12-13,31H2,1-6H3,(H,32,33,34,39)/t18-,21-,22-,23-,29+/m1/s1. The normalized spacial score (nSPS) is 25.0. The first kappa shape index (κ1) is 32.3. The van der Waals surface area contributed by atoms with E-state index in [-0.39, 0.29) is 30.5 Å². The molecule has 234 valence electrons. The highest BCUT2D eigenvalue weighted by atomic mass is 16.6. The van der Waals surface area contributed by atoms with Gasteiger partial charge in [-0.3, -0.25) is 14.4 Å². The van der Waals surface area contributed by atoms with E-state index >= 15 is 0 Å². The van der Waals surface area contributed by atoms with Crippen LogP contribution in [0.4, 0.5) is 5.82 Å². The van der Waals surface area contributed by atoms with Crippen LogP contribution in [0.15, 0.2) is 18.5 Å². The Hall–Kier alpha value is -3.64. The van der Waals surface area contributed by atoms with Crippen molar-refractivity contribution >= 4 is 29.2 Å². The fraction of sp³-hybridized carbons (Fsp3) is 0.655. The maximum absolute atomic E-state index is 13.0. The molecule has 1 saturated heterocycles. The van der Waals surface area contributed by atoms with E-state index < -0.39 is 58.8 Å². The molecule has 14 heteroatoms. The summed E-state index contributed by atoms with van der Waals surface area (Å²) in [5.74, 6) is -1.36. The summed E-state index contributed by atoms with van der Waals surface area (Å²) < 4.78 is 23.8. The second-order valence-corrected chi connectivity index (χ2v) is 12.7. The van der Waals surface area contributed by atoms with Crippen LogP contribution in [0.3, 0.4) is 0 Å². The van der Waals surface area contributed by atoms with Gasteiger partial charge in [-0.05, 0) is 50.2 Å². The van der Waals surface area contributed by atoms with Crippen molar-refractivity contribution in [2.45, 2.75) is 95.9 Å². The van der Waals surface area contributed by atoms with Crippen LogP contribution in [-0.2, 0) is 38.9 Å². The third-order valence-corrected chi connectivity index (χ3v) is 8.25. The van der Waals surface area contributed by atoms with Crippen molar-refractivity contribution in [1.29, 1.82) is 5.26 Å². The number of amides is 1. The molecule has 43 heavy (non-hydrogen) atoms. The average molecular weight is 601 g/mol. The third kappa shape index (κ3) is 6.35. The summed E-state index contributed by atoms with van der Waals surface area (Å²) in [5.41, 5.74) is 2.55. The molecule has 5 atom stereocenters. The summed E-state index contributed by atoms with van der Waals surface area (Å²) >= 11 is 0. The zero-order valence-corrected chi connectivity index (χ0v) is 25.3. The number of anilines is 1. The molecule has 2 aromatic rings. The number of carbonyl (C=O) groups is 3. The fourth-order valence-corrected chi connectivity index (χ4v) is 4.83. The Balaban J connectivity index is 1.67. The lowest BCUT2D eigenvalue weighted by atomic mass is 9.83. The lowest BCUT2D eigenvalue weighted by Crippen LogP contribution is -2.49. The number of fused-ring (bicyclic) bond motifs is 1. The average Bonchev–Trinajstić information content (AvgIpc) is 3.49. The van der Waals surface area contributed by atoms with Gasteiger partial charge < -0.3 is 35.1 Å². The van der Waals surface area contributed by atoms with Gasteiger partial charge >= 0.3 is 11.9 Å². The predicted molar refractivity (Wildman–Crippen MR) is 151 cm³/mol. The highest BCUT2D eigenvalue weighted by Gasteiger charge is 2.60. The Kier molecular flexibility index (Phi) is 9.13. The first-order valence-electron chi connectivity index (χ1n) is 14.2. The maximum Gasteiger partial charge on any atom is 0.323 e. The van der Waals surface area contributed by atoms with Gasteiger partial charge in [-0.15, -0.1) is 0 Å². The second kappa shape index (κ2) is 12.2. The van der Waals surface area contributed by atoms with Gasteiger partial charge in [0.2, 0.25) is 5.60 Å². The van der Waals surface area contributed by atoms with Gasteiger partial charge in [0.1, 0.15) is 48.4 Å². The fourth-order valence-electron chi connectivity index (χ4n) is 4.83. The topological polar surface area (TPSA) is 200 Å². The summed E-state index contributed by atoms with van der Waals surface area (Å²) in [7, 11) is 1.40. The third-order valence-electron chi connectivity index (χ3n) is 8.25. The Morgan fingerprint density at radius 2 is 1.98 bits per heavy atom. The van der Waals surface area contributed by atoms with E-state index in [0.29, 0.717) is 5.52 Å². The zero-order chi connectivity index (χ0) is 31.7. The van der Waals surface area contributed by atoms with E-state index in [0.717, 1.165) is 25.6 Å². The van der Waals surface area contributed by atoms with E-state index in [1.54, 1.807) is 40.7 Å². The molecule has 3 heterocycles. The minimum atomic E-state index is -2.12. The Morgan fingerprint density at radius 1 is 1.28 bits per heavy atom. The Morgan fingerprint density at radius 3 is 2.56 bits per heavy atom. The highest BCUT2D eigenvalue weighted by Crippen LogP contribution is 2.42. The second-order valence-electron chi connectivity index (χ2n) is 12.7. The summed E-state index contributed by atoms with van der Waals surface area (Å²) in [4.78, 5) is 42.4. The van der Waals surface area contributed by atoms with Crippen molar-refractivity contribution in [2.24, 2.45) is 17.1 Å². The van der Waals surface area contributed by atoms with Crippen molar-refractivity contribution < 1.29 is 38.4 Å². The van der Waals surface area contributed by atoms with Crippen molar-refractivity contribution in [3.05, 3.63) is 24.2 Å². The van der Waals surface area contributed by atoms with Crippen LogP contribution in [0.5, 0.6) is 0 Å². The number of carbonyl (C=O) groups excluding carboxylic acids is 3. The van der Waals surface area contributed by atoms with Gasteiger partial charge in [-0.2, -0.15) is 10.4 Å². The van der Waals surface area contributed by atoms with E-state index in [2.05, 4.69) is 15.4 Å². The number of hydrogen-bond donors (Lipinski definition) is 3. The molecule has 4 rings (SSSR count). The number of nitrogens with two attached hydrogens (primary N) is 1. The first-order valence-corrected chi connectivity index (χ1v) is 14.2. The molecule has 2 aliphatic rings. The number of esters is 2. The molecule has 2 fully saturated rings. The van der Waals surface area contributed by atoms with Crippen molar-refractivity contribution in [1.82, 2.24) is 14.6 Å². The van der Waals surface area contributed by atoms with Crippen LogP contribution < -0.4 is 11.1 Å². The largest absolute Gasteiger partial charge is 0.463 e. The summed E-state index contributed by atoms with van der Waals surface area (Å²) in [6.45, 7) is 8.08. The predicted octanol–water partition coefficient (Wildman–Crippen LogP) is 1.59. The van der Waals surface area contributed by atoms with Crippen molar-refractivity contribution in [3.8, 4) is 6.07 Å². The number of rotatable bonds is 10. The van der Waals surface area contributed by atoms with Crippen molar-refractivity contribution in [3.63, 3.8) is 0 Å². The molecular formula is C29H40N6O8. The van der Waals surface area contributed by atoms with E-state index in [9.17, 15) is 24.8 Å². The molecule has 1 amide bonds. The number of methoxy groups -OCH3 is 1. The Labute approximate surface area is 249 Å². The number of ether oxygens (including phenoxy) is 4. The quantitative estimate of drug-likeness (QED) is 0.333. The maximum atomic E-state index is 13.0. The number of aliphatic hydroxyl groups excluding tert-OH is 1. The molecule has 4 N–H and O–H groups in total. The number of nitriles is 1. The molecule has 1 saturated carbocycles. The van der Waals surface area contributed by atoms with E-state index in [1.807, 2.05) is 6.07 Å². The molecule has 1 aliphatic carbocycles. The molecular weight excluding hydrogens is 560 g/mol. The number of nitrogens with one attached hydrogen (secondary N) is 1. The lowest BCUT2D eigenvalue weighted by molar-refractivity contribution is -0.163. The number of hydrogen-bond acceptors (Lipinski definition) is 12. The van der Waals surface area contributed by atoms with Gasteiger partial charge in [0, 0.05) is 13.5 Å². The smallest absolute Gasteiger partial charge is 0.323 e. The number of aliphatic hydroxyl groups is 1. The van der Waals surface area contributed by atoms with Crippen LogP contribution in [0, 0.1) is 22.7 Å². The summed E-state index contributed by atoms with van der Waals surface area (Å²) in [5, 5.41) is 29.0. The molecule has 14 nitrogen and oxygen atoms in total. The van der Waals surface area contributed by atoms with Crippen LogP contribution in [0.1, 0.15) is 66.0 Å². The van der Waals surface area contributed by atoms with E-state index in [1.165, 1.54) is 17.7 Å². The molecule has 0 radical (unpaired) electrons. The zero-order valence-electron chi connectivity index (χ0n) is 25.3. The lowest BCUT2D eigenvalue weighted by Gasteiger charge is -2.29. The highest BCUT2D eigenvalue weighted by molar-refractivity contribution is 5.98. The van der Waals surface area contributed by atoms with Crippen molar-refractivity contribution in [2.75, 3.05) is 19.0 Å². The summed E-state index contributed by atoms with van der Waals surface area (Å²) in [6.07, 6.45) is 0.0237. The monoisotopic (exact) mass is 600 g/mol. The number of nitrogens with zero attached hydrogens (tertiary/aromatic N) is 4. The molecule has 0 aromatic carbocycles. The minimum Gasteiger partial charge on any atom is -0.463 e. The van der Waals surface area contributed by atoms with Crippen LogP contribution >= 0.6 is 0 Å². The summed E-state index contributed by atoms with van der Waals surface area (Å²) in [6, 6.07) is 4.00.